The second-order valence-electron chi connectivity index (χ2n) is 7.75. The molecular weight excluding hydrogens is 328 g/mol. The molecule has 0 atom stereocenters. The molecule has 0 heterocycles. The highest BCUT2D eigenvalue weighted by molar-refractivity contribution is 6.07. The number of carbonyl (C=O) groups excluding carboxylic acids is 1. The molecule has 1 aromatic rings. The van der Waals surface area contributed by atoms with Crippen molar-refractivity contribution in [1.82, 2.24) is 0 Å². The van der Waals surface area contributed by atoms with Crippen molar-refractivity contribution in [2.24, 2.45) is 11.3 Å². The summed E-state index contributed by atoms with van der Waals surface area (Å²) in [5.41, 5.74) is 1.97. The van der Waals surface area contributed by atoms with Gasteiger partial charge in [0.2, 0.25) is 0 Å². The van der Waals surface area contributed by atoms with Gasteiger partial charge in [0.25, 0.3) is 5.91 Å². The number of amides is 1. The van der Waals surface area contributed by atoms with E-state index in [4.69, 9.17) is 9.47 Å². The van der Waals surface area contributed by atoms with E-state index in [0.29, 0.717) is 23.1 Å². The maximum absolute atomic E-state index is 12.7. The summed E-state index contributed by atoms with van der Waals surface area (Å²) in [6, 6.07) is 7.26. The molecule has 0 aromatic heterocycles. The van der Waals surface area contributed by atoms with E-state index in [1.54, 1.807) is 25.3 Å². The van der Waals surface area contributed by atoms with Crippen LogP contribution in [0.25, 0.3) is 0 Å². The van der Waals surface area contributed by atoms with Crippen molar-refractivity contribution in [3.8, 4) is 17.6 Å². The van der Waals surface area contributed by atoms with Crippen molar-refractivity contribution in [1.29, 1.82) is 5.26 Å². The Hall–Kier alpha value is -2.48. The van der Waals surface area contributed by atoms with E-state index in [2.05, 4.69) is 32.2 Å². The fraction of sp³-hybridized carbons (Fsp3) is 0.524. The molecule has 1 aliphatic rings. The highest BCUT2D eigenvalue weighted by atomic mass is 16.5. The van der Waals surface area contributed by atoms with Gasteiger partial charge in [-0.25, -0.2) is 0 Å². The summed E-state index contributed by atoms with van der Waals surface area (Å²) in [6.07, 6.45) is 3.64. The van der Waals surface area contributed by atoms with Crippen molar-refractivity contribution in [3.63, 3.8) is 0 Å². The normalized spacial score (nSPS) is 17.2. The highest BCUT2D eigenvalue weighted by Gasteiger charge is 2.29. The number of benzene rings is 1. The molecule has 0 aliphatic heterocycles. The molecule has 5 heteroatoms. The molecule has 26 heavy (non-hydrogen) atoms. The maximum atomic E-state index is 12.7. The topological polar surface area (TPSA) is 71.3 Å². The number of hydrogen-bond donors (Lipinski definition) is 1. The van der Waals surface area contributed by atoms with Crippen LogP contribution < -0.4 is 14.8 Å². The third-order valence-corrected chi connectivity index (χ3v) is 5.16. The minimum absolute atomic E-state index is 0.232. The lowest BCUT2D eigenvalue weighted by atomic mass is 9.71. The summed E-state index contributed by atoms with van der Waals surface area (Å²) in [4.78, 5) is 12.7. The molecule has 0 spiro atoms. The summed E-state index contributed by atoms with van der Waals surface area (Å²) in [5.74, 6) is 1.38. The van der Waals surface area contributed by atoms with Gasteiger partial charge in [0.05, 0.1) is 19.9 Å². The Kier molecular flexibility index (Phi) is 6.31. The number of nitrogens with zero attached hydrogens (tertiary/aromatic N) is 1. The number of carbonyl (C=O) groups is 1. The number of methoxy groups -OCH3 is 2. The standard InChI is InChI=1S/C21H28N2O3/c1-21(2,3)15-8-6-14(7-9-15)17(13-22)20(24)23-18-11-10-16(25-4)12-19(18)26-5/h10-12,15H,6-9H2,1-5H3,(H,23,24). The van der Waals surface area contributed by atoms with Crippen LogP contribution in [0.1, 0.15) is 46.5 Å². The zero-order chi connectivity index (χ0) is 19.3. The monoisotopic (exact) mass is 356 g/mol. The highest BCUT2D eigenvalue weighted by Crippen LogP contribution is 2.40. The first-order chi connectivity index (χ1) is 12.3. The molecule has 1 saturated carbocycles. The molecule has 1 fully saturated rings. The molecule has 5 nitrogen and oxygen atoms in total. The largest absolute Gasteiger partial charge is 0.497 e. The minimum Gasteiger partial charge on any atom is -0.497 e. The van der Waals surface area contributed by atoms with E-state index >= 15 is 0 Å². The summed E-state index contributed by atoms with van der Waals surface area (Å²) in [6.45, 7) is 6.75. The van der Waals surface area contributed by atoms with Crippen LogP contribution >= 0.6 is 0 Å². The van der Waals surface area contributed by atoms with E-state index in [1.807, 2.05) is 0 Å². The van der Waals surface area contributed by atoms with Gasteiger partial charge < -0.3 is 14.8 Å². The Morgan fingerprint density at radius 2 is 1.85 bits per heavy atom. The fourth-order valence-corrected chi connectivity index (χ4v) is 3.46. The van der Waals surface area contributed by atoms with Gasteiger partial charge >= 0.3 is 0 Å². The molecule has 0 radical (unpaired) electrons. The first-order valence-electron chi connectivity index (χ1n) is 8.95. The van der Waals surface area contributed by atoms with Crippen molar-refractivity contribution in [2.45, 2.75) is 46.5 Å². The smallest absolute Gasteiger partial charge is 0.266 e. The molecule has 140 valence electrons. The van der Waals surface area contributed by atoms with E-state index in [-0.39, 0.29) is 16.9 Å². The summed E-state index contributed by atoms with van der Waals surface area (Å²) in [5, 5.41) is 12.3. The third kappa shape index (κ3) is 4.57. The van der Waals surface area contributed by atoms with Gasteiger partial charge in [-0.2, -0.15) is 5.26 Å². The lowest BCUT2D eigenvalue weighted by Gasteiger charge is -2.35. The van der Waals surface area contributed by atoms with Crippen molar-refractivity contribution in [3.05, 3.63) is 29.3 Å². The summed E-state index contributed by atoms with van der Waals surface area (Å²) in [7, 11) is 3.10. The van der Waals surface area contributed by atoms with E-state index < -0.39 is 0 Å². The van der Waals surface area contributed by atoms with E-state index in [0.717, 1.165) is 31.3 Å². The van der Waals surface area contributed by atoms with E-state index in [1.165, 1.54) is 7.11 Å². The second kappa shape index (κ2) is 8.27. The summed E-state index contributed by atoms with van der Waals surface area (Å²) >= 11 is 0. The second-order valence-corrected chi connectivity index (χ2v) is 7.75. The van der Waals surface area contributed by atoms with Gasteiger partial charge in [0, 0.05) is 6.07 Å². The van der Waals surface area contributed by atoms with E-state index in [9.17, 15) is 10.1 Å². The Labute approximate surface area is 156 Å². The van der Waals surface area contributed by atoms with Crippen LogP contribution in [-0.4, -0.2) is 20.1 Å². The van der Waals surface area contributed by atoms with Gasteiger partial charge in [-0.3, -0.25) is 4.79 Å². The third-order valence-electron chi connectivity index (χ3n) is 5.16. The molecule has 0 saturated heterocycles. The maximum Gasteiger partial charge on any atom is 0.266 e. The van der Waals surface area contributed by atoms with Crippen LogP contribution in [0.15, 0.2) is 29.3 Å². The Morgan fingerprint density at radius 1 is 1.19 bits per heavy atom. The van der Waals surface area contributed by atoms with Gasteiger partial charge in [-0.05, 0) is 54.7 Å². The Bertz CT molecular complexity index is 729. The van der Waals surface area contributed by atoms with Gasteiger partial charge in [0.15, 0.2) is 0 Å². The van der Waals surface area contributed by atoms with Crippen LogP contribution in [0, 0.1) is 22.7 Å². The SMILES string of the molecule is COc1ccc(NC(=O)C(C#N)=C2CCC(C(C)(C)C)CC2)c(OC)c1. The first-order valence-corrected chi connectivity index (χ1v) is 8.95. The van der Waals surface area contributed by atoms with Crippen molar-refractivity contribution >= 4 is 11.6 Å². The van der Waals surface area contributed by atoms with Gasteiger partial charge in [-0.1, -0.05) is 20.8 Å². The zero-order valence-corrected chi connectivity index (χ0v) is 16.3. The fourth-order valence-electron chi connectivity index (χ4n) is 3.46. The predicted molar refractivity (Wildman–Crippen MR) is 102 cm³/mol. The van der Waals surface area contributed by atoms with Crippen LogP contribution in [0.2, 0.25) is 0 Å². The number of anilines is 1. The summed E-state index contributed by atoms with van der Waals surface area (Å²) < 4.78 is 10.5. The number of nitrogens with one attached hydrogen (secondary N) is 1. The number of ether oxygens (including phenoxy) is 2. The molecule has 1 N–H and O–H groups in total. The number of nitriles is 1. The van der Waals surface area contributed by atoms with Crippen LogP contribution in [0.4, 0.5) is 5.69 Å². The molecule has 2 rings (SSSR count). The number of hydrogen-bond acceptors (Lipinski definition) is 4. The van der Waals surface area contributed by atoms with Crippen LogP contribution in [0.5, 0.6) is 11.5 Å². The lowest BCUT2D eigenvalue weighted by Crippen LogP contribution is -2.25. The number of allylic oxidation sites excluding steroid dienone is 1. The first kappa shape index (κ1) is 19.8. The predicted octanol–water partition coefficient (Wildman–Crippen LogP) is 4.70. The molecule has 1 aromatic carbocycles. The molecular formula is C21H28N2O3. The Balaban J connectivity index is 2.16. The molecule has 0 unspecified atom stereocenters. The van der Waals surface area contributed by atoms with Crippen LogP contribution in [0.3, 0.4) is 0 Å². The van der Waals surface area contributed by atoms with Crippen molar-refractivity contribution < 1.29 is 14.3 Å². The molecule has 1 amide bonds. The molecule has 0 bridgehead atoms. The van der Waals surface area contributed by atoms with Gasteiger partial charge in [0.1, 0.15) is 23.1 Å². The average molecular weight is 356 g/mol. The minimum atomic E-state index is -0.375. The lowest BCUT2D eigenvalue weighted by molar-refractivity contribution is -0.112. The van der Waals surface area contributed by atoms with Gasteiger partial charge in [-0.15, -0.1) is 0 Å². The molecule has 1 aliphatic carbocycles. The quantitative estimate of drug-likeness (QED) is 0.627. The average Bonchev–Trinajstić information content (AvgIpc) is 2.62. The number of rotatable bonds is 4. The Morgan fingerprint density at radius 3 is 2.35 bits per heavy atom. The van der Waals surface area contributed by atoms with Crippen molar-refractivity contribution in [2.75, 3.05) is 19.5 Å². The zero-order valence-electron chi connectivity index (χ0n) is 16.3. The van der Waals surface area contributed by atoms with Crippen LogP contribution in [-0.2, 0) is 4.79 Å².